The molecule has 1 aliphatic heterocycles. The smallest absolute Gasteiger partial charge is 0.255 e. The second kappa shape index (κ2) is 6.25. The third-order valence-electron chi connectivity index (χ3n) is 3.96. The van der Waals surface area contributed by atoms with E-state index in [1.807, 2.05) is 4.90 Å². The molecule has 1 aromatic heterocycles. The van der Waals surface area contributed by atoms with Gasteiger partial charge in [0.2, 0.25) is 0 Å². The molecule has 112 valence electrons. The molecule has 1 N–H and O–H groups in total. The lowest BCUT2D eigenvalue weighted by molar-refractivity contribution is 0.0311. The fourth-order valence-corrected chi connectivity index (χ4v) is 2.40. The summed E-state index contributed by atoms with van der Waals surface area (Å²) in [6.45, 7) is 6.26. The van der Waals surface area contributed by atoms with Crippen LogP contribution in [-0.2, 0) is 0 Å². The Morgan fingerprint density at radius 2 is 2.24 bits per heavy atom. The van der Waals surface area contributed by atoms with Gasteiger partial charge in [-0.25, -0.2) is 0 Å². The number of carbonyl (C=O) groups is 1. The number of amides is 1. The van der Waals surface area contributed by atoms with Crippen molar-refractivity contribution in [2.75, 3.05) is 33.3 Å². The monoisotopic (exact) mass is 287 g/mol. The van der Waals surface area contributed by atoms with E-state index in [4.69, 9.17) is 5.11 Å². The molecule has 0 bridgehead atoms. The van der Waals surface area contributed by atoms with Gasteiger partial charge in [0.1, 0.15) is 6.61 Å². The molecule has 1 aromatic rings. The van der Waals surface area contributed by atoms with E-state index in [1.165, 1.54) is 0 Å². The van der Waals surface area contributed by atoms with Crippen molar-refractivity contribution in [3.63, 3.8) is 0 Å². The van der Waals surface area contributed by atoms with Crippen LogP contribution in [0.4, 0.5) is 0 Å². The summed E-state index contributed by atoms with van der Waals surface area (Å²) >= 11 is 0. The van der Waals surface area contributed by atoms with E-state index in [1.54, 1.807) is 18.5 Å². The number of aliphatic hydroxyl groups is 1. The van der Waals surface area contributed by atoms with Gasteiger partial charge < -0.3 is 10.0 Å². The quantitative estimate of drug-likeness (QED) is 0.768. The van der Waals surface area contributed by atoms with E-state index in [2.05, 4.69) is 42.6 Å². The summed E-state index contributed by atoms with van der Waals surface area (Å²) < 4.78 is 0. The highest BCUT2D eigenvalue weighted by Crippen LogP contribution is 2.21. The fourth-order valence-electron chi connectivity index (χ4n) is 2.40. The van der Waals surface area contributed by atoms with Crippen LogP contribution in [0.2, 0.25) is 0 Å². The van der Waals surface area contributed by atoms with Gasteiger partial charge in [0.05, 0.1) is 11.1 Å². The number of likely N-dealkylation sites (N-methyl/N-ethyl adjacent to an activating group) is 1. The molecule has 21 heavy (non-hydrogen) atoms. The Bertz CT molecular complexity index is 587. The van der Waals surface area contributed by atoms with Crippen LogP contribution in [0.5, 0.6) is 0 Å². The van der Waals surface area contributed by atoms with Crippen LogP contribution in [0.1, 0.15) is 29.8 Å². The van der Waals surface area contributed by atoms with Crippen molar-refractivity contribution in [2.45, 2.75) is 19.4 Å². The van der Waals surface area contributed by atoms with Crippen LogP contribution in [0, 0.1) is 11.8 Å². The maximum Gasteiger partial charge on any atom is 0.255 e. The first-order valence-electron chi connectivity index (χ1n) is 7.00. The second-order valence-electron chi connectivity index (χ2n) is 5.84. The van der Waals surface area contributed by atoms with Gasteiger partial charge in [-0.2, -0.15) is 0 Å². The molecule has 1 aliphatic rings. The normalized spacial score (nSPS) is 18.0. The molecule has 1 amide bonds. The summed E-state index contributed by atoms with van der Waals surface area (Å²) in [5.74, 6) is 5.34. The zero-order chi connectivity index (χ0) is 15.5. The minimum absolute atomic E-state index is 0.0270. The van der Waals surface area contributed by atoms with Crippen LogP contribution in [0.3, 0.4) is 0 Å². The summed E-state index contributed by atoms with van der Waals surface area (Å²) in [5, 5.41) is 8.81. The number of aliphatic hydroxyl groups excluding tert-OH is 1. The number of pyridine rings is 1. The van der Waals surface area contributed by atoms with Crippen LogP contribution >= 0.6 is 0 Å². The first kappa shape index (κ1) is 15.5. The summed E-state index contributed by atoms with van der Waals surface area (Å²) in [6, 6.07) is 1.69. The number of rotatable bonds is 1. The van der Waals surface area contributed by atoms with Gasteiger partial charge >= 0.3 is 0 Å². The van der Waals surface area contributed by atoms with Crippen LogP contribution < -0.4 is 0 Å². The molecule has 0 spiro atoms. The van der Waals surface area contributed by atoms with Crippen molar-refractivity contribution in [3.8, 4) is 11.8 Å². The standard InChI is InChI=1S/C16H21N3O2/c1-16(2)12-19(9-8-18(16)3)15(21)14-6-7-17-11-13(14)5-4-10-20/h6-7,11,20H,8-10,12H2,1-3H3. The lowest BCUT2D eigenvalue weighted by atomic mass is 9.98. The zero-order valence-electron chi connectivity index (χ0n) is 12.8. The molecule has 0 radical (unpaired) electrons. The van der Waals surface area contributed by atoms with Gasteiger partial charge in [0.15, 0.2) is 0 Å². The molecule has 0 atom stereocenters. The van der Waals surface area contributed by atoms with Gasteiger partial charge in [-0.15, -0.1) is 0 Å². The Morgan fingerprint density at radius 3 is 2.90 bits per heavy atom. The summed E-state index contributed by atoms with van der Waals surface area (Å²) in [4.78, 5) is 20.9. The number of hydrogen-bond donors (Lipinski definition) is 1. The van der Waals surface area contributed by atoms with Crippen molar-refractivity contribution in [1.29, 1.82) is 0 Å². The molecule has 0 unspecified atom stereocenters. The molecule has 1 saturated heterocycles. The lowest BCUT2D eigenvalue weighted by Crippen LogP contribution is -2.58. The van der Waals surface area contributed by atoms with Gasteiger partial charge in [-0.3, -0.25) is 14.7 Å². The molecular weight excluding hydrogens is 266 g/mol. The minimum Gasteiger partial charge on any atom is -0.384 e. The Balaban J connectivity index is 2.25. The summed E-state index contributed by atoms with van der Waals surface area (Å²) in [7, 11) is 2.08. The van der Waals surface area contributed by atoms with E-state index in [9.17, 15) is 4.79 Å². The third kappa shape index (κ3) is 3.41. The van der Waals surface area contributed by atoms with Crippen molar-refractivity contribution in [2.24, 2.45) is 0 Å². The van der Waals surface area contributed by atoms with E-state index in [-0.39, 0.29) is 18.1 Å². The van der Waals surface area contributed by atoms with E-state index in [0.717, 1.165) is 6.54 Å². The summed E-state index contributed by atoms with van der Waals surface area (Å²) in [6.07, 6.45) is 3.16. The topological polar surface area (TPSA) is 56.7 Å². The maximum atomic E-state index is 12.7. The number of hydrogen-bond acceptors (Lipinski definition) is 4. The Morgan fingerprint density at radius 1 is 1.48 bits per heavy atom. The largest absolute Gasteiger partial charge is 0.384 e. The first-order chi connectivity index (χ1) is 9.95. The molecule has 0 saturated carbocycles. The highest BCUT2D eigenvalue weighted by molar-refractivity contribution is 5.96. The minimum atomic E-state index is -0.232. The Labute approximate surface area is 125 Å². The number of nitrogens with zero attached hydrogens (tertiary/aromatic N) is 3. The molecule has 0 aliphatic carbocycles. The maximum absolute atomic E-state index is 12.7. The fraction of sp³-hybridized carbons (Fsp3) is 0.500. The molecule has 5 heteroatoms. The van der Waals surface area contributed by atoms with Crippen molar-refractivity contribution in [3.05, 3.63) is 29.6 Å². The first-order valence-corrected chi connectivity index (χ1v) is 7.00. The SMILES string of the molecule is CN1CCN(C(=O)c2ccncc2C#CCO)CC1(C)C. The average molecular weight is 287 g/mol. The Kier molecular flexibility index (Phi) is 4.61. The third-order valence-corrected chi connectivity index (χ3v) is 3.96. The second-order valence-corrected chi connectivity index (χ2v) is 5.84. The molecule has 0 aromatic carbocycles. The predicted molar refractivity (Wildman–Crippen MR) is 80.8 cm³/mol. The van der Waals surface area contributed by atoms with Gasteiger partial charge in [-0.05, 0) is 27.0 Å². The van der Waals surface area contributed by atoms with Crippen LogP contribution in [-0.4, -0.2) is 64.6 Å². The van der Waals surface area contributed by atoms with Gasteiger partial charge in [0, 0.05) is 37.6 Å². The molecule has 2 heterocycles. The average Bonchev–Trinajstić information content (AvgIpc) is 2.47. The van der Waals surface area contributed by atoms with E-state index < -0.39 is 0 Å². The zero-order valence-corrected chi connectivity index (χ0v) is 12.8. The molecule has 2 rings (SSSR count). The summed E-state index contributed by atoms with van der Waals surface area (Å²) in [5.41, 5.74) is 1.07. The number of aromatic nitrogens is 1. The molecule has 1 fully saturated rings. The highest BCUT2D eigenvalue weighted by atomic mass is 16.2. The van der Waals surface area contributed by atoms with Crippen LogP contribution in [0.15, 0.2) is 18.5 Å². The Hall–Kier alpha value is -1.90. The lowest BCUT2D eigenvalue weighted by Gasteiger charge is -2.45. The van der Waals surface area contributed by atoms with Crippen molar-refractivity contribution >= 4 is 5.91 Å². The van der Waals surface area contributed by atoms with Gasteiger partial charge in [-0.1, -0.05) is 11.8 Å². The van der Waals surface area contributed by atoms with Gasteiger partial charge in [0.25, 0.3) is 5.91 Å². The predicted octanol–water partition coefficient (Wildman–Crippen LogP) is 0.592. The molecular formula is C16H21N3O2. The number of carbonyl (C=O) groups excluding carboxylic acids is 1. The van der Waals surface area contributed by atoms with Crippen molar-refractivity contribution in [1.82, 2.24) is 14.8 Å². The van der Waals surface area contributed by atoms with E-state index in [0.29, 0.717) is 24.2 Å². The highest BCUT2D eigenvalue weighted by Gasteiger charge is 2.33. The number of piperazine rings is 1. The van der Waals surface area contributed by atoms with E-state index >= 15 is 0 Å². The molecule has 5 nitrogen and oxygen atoms in total. The van der Waals surface area contributed by atoms with Crippen molar-refractivity contribution < 1.29 is 9.90 Å². The van der Waals surface area contributed by atoms with Crippen LogP contribution in [0.25, 0.3) is 0 Å².